The fourth-order valence-electron chi connectivity index (χ4n) is 2.73. The normalized spacial score (nSPS) is 15.2. The summed E-state index contributed by atoms with van der Waals surface area (Å²) in [7, 11) is 0. The van der Waals surface area contributed by atoms with E-state index >= 15 is 0 Å². The van der Waals surface area contributed by atoms with Gasteiger partial charge in [0.2, 0.25) is 5.95 Å². The Hall–Kier alpha value is -2.13. The highest BCUT2D eigenvalue weighted by Crippen LogP contribution is 2.13. The number of hydrogen-bond donors (Lipinski definition) is 1. The van der Waals surface area contributed by atoms with Crippen molar-refractivity contribution in [3.63, 3.8) is 0 Å². The number of aromatic nitrogens is 3. The van der Waals surface area contributed by atoms with Gasteiger partial charge in [0.05, 0.1) is 5.75 Å². The van der Waals surface area contributed by atoms with Crippen molar-refractivity contribution in [2.45, 2.75) is 12.7 Å². The Morgan fingerprint density at radius 3 is 2.77 bits per heavy atom. The quantitative estimate of drug-likeness (QED) is 0.737. The van der Waals surface area contributed by atoms with Gasteiger partial charge < -0.3 is 14.7 Å². The minimum absolute atomic E-state index is 0.183. The maximum Gasteiger partial charge on any atom is 0.273 e. The van der Waals surface area contributed by atoms with E-state index in [1.54, 1.807) is 30.2 Å². The van der Waals surface area contributed by atoms with E-state index in [9.17, 15) is 4.79 Å². The maximum absolute atomic E-state index is 12.1. The molecule has 0 bridgehead atoms. The highest BCUT2D eigenvalue weighted by Gasteiger charge is 2.19. The van der Waals surface area contributed by atoms with E-state index in [4.69, 9.17) is 4.52 Å². The summed E-state index contributed by atoms with van der Waals surface area (Å²) in [6, 6.07) is 3.54. The molecule has 0 aromatic carbocycles. The van der Waals surface area contributed by atoms with Crippen LogP contribution in [0.5, 0.6) is 0 Å². The Balaban J connectivity index is 1.36. The van der Waals surface area contributed by atoms with Crippen LogP contribution in [0.25, 0.3) is 0 Å². The van der Waals surface area contributed by atoms with E-state index in [1.165, 1.54) is 0 Å². The third kappa shape index (κ3) is 5.18. The first-order valence-electron chi connectivity index (χ1n) is 8.82. The van der Waals surface area contributed by atoms with Gasteiger partial charge in [-0.2, -0.15) is 11.8 Å². The van der Waals surface area contributed by atoms with Crippen molar-refractivity contribution in [2.75, 3.05) is 49.9 Å². The first-order chi connectivity index (χ1) is 12.8. The number of rotatable bonds is 8. The number of thioether (sulfide) groups is 1. The predicted molar refractivity (Wildman–Crippen MR) is 101 cm³/mol. The van der Waals surface area contributed by atoms with Crippen LogP contribution in [-0.4, -0.2) is 71.0 Å². The highest BCUT2D eigenvalue weighted by molar-refractivity contribution is 7.98. The smallest absolute Gasteiger partial charge is 0.273 e. The van der Waals surface area contributed by atoms with Crippen molar-refractivity contribution in [2.24, 2.45) is 0 Å². The second kappa shape index (κ2) is 9.54. The summed E-state index contributed by atoms with van der Waals surface area (Å²) in [5.74, 6) is 3.08. The lowest BCUT2D eigenvalue weighted by Gasteiger charge is -2.34. The number of piperazine rings is 1. The topological polar surface area (TPSA) is 87.4 Å². The summed E-state index contributed by atoms with van der Waals surface area (Å²) in [5, 5.41) is 6.75. The molecule has 0 atom stereocenters. The average molecular weight is 376 g/mol. The Bertz CT molecular complexity index is 688. The van der Waals surface area contributed by atoms with Crippen molar-refractivity contribution in [1.82, 2.24) is 25.3 Å². The Morgan fingerprint density at radius 2 is 2.04 bits per heavy atom. The summed E-state index contributed by atoms with van der Waals surface area (Å²) in [6.07, 6.45) is 3.53. The molecular weight excluding hydrogens is 352 g/mol. The summed E-state index contributed by atoms with van der Waals surface area (Å²) < 4.78 is 5.18. The molecule has 140 valence electrons. The summed E-state index contributed by atoms with van der Waals surface area (Å²) >= 11 is 1.74. The number of anilines is 1. The molecule has 8 nitrogen and oxygen atoms in total. The molecule has 1 fully saturated rings. The lowest BCUT2D eigenvalue weighted by Crippen LogP contribution is -2.49. The molecule has 26 heavy (non-hydrogen) atoms. The highest BCUT2D eigenvalue weighted by atomic mass is 32.2. The molecule has 1 saturated heterocycles. The van der Waals surface area contributed by atoms with Gasteiger partial charge in [-0.15, -0.1) is 0 Å². The van der Waals surface area contributed by atoms with Gasteiger partial charge in [-0.1, -0.05) is 12.1 Å². The Labute approximate surface area is 157 Å². The first kappa shape index (κ1) is 18.7. The Morgan fingerprint density at radius 1 is 1.27 bits per heavy atom. The third-order valence-corrected chi connectivity index (χ3v) is 5.06. The van der Waals surface area contributed by atoms with Crippen LogP contribution < -0.4 is 10.2 Å². The Kier molecular flexibility index (Phi) is 6.84. The zero-order valence-electron chi connectivity index (χ0n) is 14.9. The second-order valence-corrected chi connectivity index (χ2v) is 7.22. The average Bonchev–Trinajstić information content (AvgIpc) is 3.17. The van der Waals surface area contributed by atoms with Gasteiger partial charge >= 0.3 is 0 Å². The summed E-state index contributed by atoms with van der Waals surface area (Å²) in [4.78, 5) is 25.2. The number of nitrogens with zero attached hydrogens (tertiary/aromatic N) is 5. The van der Waals surface area contributed by atoms with Gasteiger partial charge in [-0.25, -0.2) is 9.97 Å². The molecule has 2 aromatic rings. The van der Waals surface area contributed by atoms with Gasteiger partial charge in [-0.3, -0.25) is 9.69 Å². The maximum atomic E-state index is 12.1. The molecule has 0 unspecified atom stereocenters. The fraction of sp³-hybridized carbons (Fsp3) is 0.529. The van der Waals surface area contributed by atoms with Crippen molar-refractivity contribution < 1.29 is 9.32 Å². The molecule has 0 aliphatic carbocycles. The minimum atomic E-state index is -0.183. The fourth-order valence-corrected chi connectivity index (χ4v) is 3.28. The molecule has 0 spiro atoms. The molecule has 9 heteroatoms. The van der Waals surface area contributed by atoms with Crippen LogP contribution in [0.15, 0.2) is 29.0 Å². The minimum Gasteiger partial charge on any atom is -0.360 e. The SMILES string of the molecule is CCSCc1cc(C(=O)NCCN2CCN(c3ncccn3)CC2)no1. The number of amides is 1. The number of carbonyl (C=O) groups is 1. The predicted octanol–water partition coefficient (Wildman–Crippen LogP) is 1.27. The zero-order chi connectivity index (χ0) is 18.2. The van der Waals surface area contributed by atoms with E-state index in [2.05, 4.69) is 37.2 Å². The van der Waals surface area contributed by atoms with E-state index in [0.29, 0.717) is 12.2 Å². The molecule has 1 N–H and O–H groups in total. The monoisotopic (exact) mass is 376 g/mol. The molecule has 1 aliphatic rings. The van der Waals surface area contributed by atoms with Crippen LogP contribution in [0, 0.1) is 0 Å². The largest absolute Gasteiger partial charge is 0.360 e. The molecular formula is C17H24N6O2S. The summed E-state index contributed by atoms with van der Waals surface area (Å²) in [5.41, 5.74) is 0.350. The molecule has 1 aliphatic heterocycles. The van der Waals surface area contributed by atoms with Gasteiger partial charge in [0.25, 0.3) is 5.91 Å². The molecule has 1 amide bonds. The van der Waals surface area contributed by atoms with E-state index < -0.39 is 0 Å². The number of carbonyl (C=O) groups excluding carboxylic acids is 1. The lowest BCUT2D eigenvalue weighted by molar-refractivity contribution is 0.0938. The second-order valence-electron chi connectivity index (χ2n) is 5.95. The molecule has 3 heterocycles. The van der Waals surface area contributed by atoms with Crippen molar-refractivity contribution in [1.29, 1.82) is 0 Å². The van der Waals surface area contributed by atoms with Crippen LogP contribution in [0.4, 0.5) is 5.95 Å². The molecule has 0 radical (unpaired) electrons. The van der Waals surface area contributed by atoms with Gasteiger partial charge in [0, 0.05) is 57.7 Å². The van der Waals surface area contributed by atoms with Crippen LogP contribution in [0.2, 0.25) is 0 Å². The first-order valence-corrected chi connectivity index (χ1v) is 9.97. The van der Waals surface area contributed by atoms with Crippen LogP contribution in [-0.2, 0) is 5.75 Å². The van der Waals surface area contributed by atoms with E-state index in [-0.39, 0.29) is 5.91 Å². The summed E-state index contributed by atoms with van der Waals surface area (Å²) in [6.45, 7) is 7.12. The third-order valence-electron chi connectivity index (χ3n) is 4.16. The lowest BCUT2D eigenvalue weighted by atomic mass is 10.3. The van der Waals surface area contributed by atoms with Gasteiger partial charge in [0.15, 0.2) is 5.69 Å². The molecule has 0 saturated carbocycles. The molecule has 3 rings (SSSR count). The van der Waals surface area contributed by atoms with Crippen LogP contribution >= 0.6 is 11.8 Å². The van der Waals surface area contributed by atoms with Crippen LogP contribution in [0.3, 0.4) is 0 Å². The zero-order valence-corrected chi connectivity index (χ0v) is 15.7. The van der Waals surface area contributed by atoms with E-state index in [1.807, 2.05) is 6.07 Å². The van der Waals surface area contributed by atoms with Crippen molar-refractivity contribution >= 4 is 23.6 Å². The standard InChI is InChI=1S/C17H24N6O2S/c1-2-26-13-14-12-15(21-25-14)16(24)18-6-7-22-8-10-23(11-9-22)17-19-4-3-5-20-17/h3-5,12H,2,6-11,13H2,1H3,(H,18,24). The van der Waals surface area contributed by atoms with Crippen LogP contribution in [0.1, 0.15) is 23.2 Å². The number of hydrogen-bond acceptors (Lipinski definition) is 8. The van der Waals surface area contributed by atoms with Crippen molar-refractivity contribution in [3.8, 4) is 0 Å². The number of nitrogens with one attached hydrogen (secondary N) is 1. The van der Waals surface area contributed by atoms with E-state index in [0.717, 1.165) is 55.9 Å². The molecule has 2 aromatic heterocycles. The van der Waals surface area contributed by atoms with Gasteiger partial charge in [0.1, 0.15) is 5.76 Å². The van der Waals surface area contributed by atoms with Gasteiger partial charge in [-0.05, 0) is 11.8 Å². The van der Waals surface area contributed by atoms with Crippen molar-refractivity contribution in [3.05, 3.63) is 36.0 Å².